The summed E-state index contributed by atoms with van der Waals surface area (Å²) in [6.07, 6.45) is 4.26. The fourth-order valence-corrected chi connectivity index (χ4v) is 2.14. The Kier molecular flexibility index (Phi) is 7.47. The molecule has 1 saturated carbocycles. The molecule has 0 aromatic carbocycles. The molecule has 1 atom stereocenters. The van der Waals surface area contributed by atoms with Gasteiger partial charge in [0.05, 0.1) is 6.54 Å². The summed E-state index contributed by atoms with van der Waals surface area (Å²) in [6.45, 7) is 3.53. The fourth-order valence-electron chi connectivity index (χ4n) is 2.14. The van der Waals surface area contributed by atoms with Gasteiger partial charge in [0.1, 0.15) is 0 Å². The van der Waals surface area contributed by atoms with Gasteiger partial charge in [-0.05, 0) is 25.3 Å². The first-order valence-corrected chi connectivity index (χ1v) is 6.76. The van der Waals surface area contributed by atoms with Crippen LogP contribution in [0.4, 0.5) is 0 Å². The number of esters is 1. The summed E-state index contributed by atoms with van der Waals surface area (Å²) in [5.74, 6) is 5.12. The van der Waals surface area contributed by atoms with Gasteiger partial charge in [0.2, 0.25) is 0 Å². The molecule has 2 N–H and O–H groups in total. The Labute approximate surface area is 109 Å². The second-order valence-electron chi connectivity index (χ2n) is 4.58. The molecule has 4 heteroatoms. The van der Waals surface area contributed by atoms with Crippen molar-refractivity contribution in [1.82, 2.24) is 5.32 Å². The zero-order valence-corrected chi connectivity index (χ0v) is 11.1. The van der Waals surface area contributed by atoms with Crippen LogP contribution in [0.5, 0.6) is 0 Å². The maximum absolute atomic E-state index is 11.6. The number of ether oxygens (including phenoxy) is 1. The Hall–Kier alpha value is -1.05. The molecular formula is C14H23NO3. The number of rotatable bonds is 5. The first kappa shape index (κ1) is 15.0. The Morgan fingerprint density at radius 1 is 1.39 bits per heavy atom. The van der Waals surface area contributed by atoms with E-state index >= 15 is 0 Å². The van der Waals surface area contributed by atoms with Gasteiger partial charge in [-0.1, -0.05) is 38.0 Å². The van der Waals surface area contributed by atoms with Crippen LogP contribution in [0.15, 0.2) is 0 Å². The molecule has 0 radical (unpaired) electrons. The predicted molar refractivity (Wildman–Crippen MR) is 69.9 cm³/mol. The Bertz CT molecular complexity index is 300. The van der Waals surface area contributed by atoms with E-state index in [9.17, 15) is 9.90 Å². The molecule has 18 heavy (non-hydrogen) atoms. The first-order chi connectivity index (χ1) is 8.75. The van der Waals surface area contributed by atoms with Gasteiger partial charge in [0.15, 0.2) is 12.7 Å². The van der Waals surface area contributed by atoms with E-state index in [1.54, 1.807) is 0 Å². The highest BCUT2D eigenvalue weighted by Crippen LogP contribution is 2.26. The normalized spacial score (nSPS) is 17.7. The van der Waals surface area contributed by atoms with Crippen LogP contribution < -0.4 is 5.32 Å². The number of carbonyl (C=O) groups is 1. The smallest absolute Gasteiger partial charge is 0.336 e. The number of aliphatic hydroxyl groups excluding tert-OH is 1. The molecule has 0 spiro atoms. The zero-order chi connectivity index (χ0) is 13.2. The summed E-state index contributed by atoms with van der Waals surface area (Å²) in [4.78, 5) is 11.6. The molecule has 0 aliphatic heterocycles. The predicted octanol–water partition coefficient (Wildman–Crippen LogP) is 1.08. The molecule has 0 amide bonds. The van der Waals surface area contributed by atoms with E-state index in [4.69, 9.17) is 4.74 Å². The molecule has 0 aromatic rings. The van der Waals surface area contributed by atoms with Gasteiger partial charge in [-0.15, -0.1) is 0 Å². The molecule has 1 rings (SSSR count). The van der Waals surface area contributed by atoms with E-state index in [0.29, 0.717) is 6.54 Å². The summed E-state index contributed by atoms with van der Waals surface area (Å²) >= 11 is 0. The van der Waals surface area contributed by atoms with Gasteiger partial charge in [0, 0.05) is 0 Å². The molecule has 1 aliphatic rings. The lowest BCUT2D eigenvalue weighted by molar-refractivity contribution is -0.155. The summed E-state index contributed by atoms with van der Waals surface area (Å²) in [5.41, 5.74) is 0. The van der Waals surface area contributed by atoms with Crippen LogP contribution in [-0.2, 0) is 9.53 Å². The van der Waals surface area contributed by atoms with Crippen molar-refractivity contribution in [3.05, 3.63) is 0 Å². The van der Waals surface area contributed by atoms with Crippen LogP contribution in [0.1, 0.15) is 39.0 Å². The van der Waals surface area contributed by atoms with E-state index < -0.39 is 12.1 Å². The average Bonchev–Trinajstić information content (AvgIpc) is 2.42. The standard InChI is InChI=1S/C14H23NO3/c1-2-15-10-6-7-11-18-14(17)13(16)12-8-4-3-5-9-12/h12-13,15-16H,2-5,8-11H2,1H3. The number of hydrogen-bond acceptors (Lipinski definition) is 4. The van der Waals surface area contributed by atoms with Gasteiger partial charge in [0.25, 0.3) is 0 Å². The number of hydrogen-bond donors (Lipinski definition) is 2. The average molecular weight is 253 g/mol. The summed E-state index contributed by atoms with van der Waals surface area (Å²) in [5, 5.41) is 12.9. The van der Waals surface area contributed by atoms with Crippen LogP contribution in [0.25, 0.3) is 0 Å². The molecule has 0 bridgehead atoms. The van der Waals surface area contributed by atoms with Crippen LogP contribution >= 0.6 is 0 Å². The molecule has 1 fully saturated rings. The lowest BCUT2D eigenvalue weighted by Gasteiger charge is -2.24. The van der Waals surface area contributed by atoms with Crippen LogP contribution in [0.2, 0.25) is 0 Å². The molecule has 0 aromatic heterocycles. The minimum Gasteiger partial charge on any atom is -0.451 e. The third-order valence-electron chi connectivity index (χ3n) is 3.21. The second-order valence-corrected chi connectivity index (χ2v) is 4.58. The highest BCUT2D eigenvalue weighted by Gasteiger charge is 2.28. The van der Waals surface area contributed by atoms with Crippen molar-refractivity contribution in [3.63, 3.8) is 0 Å². The molecule has 0 heterocycles. The number of carbonyl (C=O) groups excluding carboxylic acids is 1. The van der Waals surface area contributed by atoms with E-state index in [0.717, 1.165) is 32.2 Å². The lowest BCUT2D eigenvalue weighted by Crippen LogP contribution is -2.32. The highest BCUT2D eigenvalue weighted by molar-refractivity contribution is 5.74. The van der Waals surface area contributed by atoms with E-state index in [-0.39, 0.29) is 12.5 Å². The van der Waals surface area contributed by atoms with E-state index in [2.05, 4.69) is 17.2 Å². The minimum absolute atomic E-state index is 0.0635. The monoisotopic (exact) mass is 253 g/mol. The van der Waals surface area contributed by atoms with Gasteiger partial charge in [-0.3, -0.25) is 0 Å². The van der Waals surface area contributed by atoms with Crippen molar-refractivity contribution in [2.45, 2.75) is 45.1 Å². The topological polar surface area (TPSA) is 58.6 Å². The Balaban J connectivity index is 2.20. The Morgan fingerprint density at radius 2 is 2.11 bits per heavy atom. The third kappa shape index (κ3) is 5.52. The summed E-state index contributed by atoms with van der Waals surface area (Å²) in [7, 11) is 0. The molecule has 0 saturated heterocycles. The van der Waals surface area contributed by atoms with Gasteiger partial charge < -0.3 is 15.2 Å². The molecular weight excluding hydrogens is 230 g/mol. The SMILES string of the molecule is CCNCC#CCOC(=O)C(O)C1CCCCC1. The van der Waals surface area contributed by atoms with Crippen molar-refractivity contribution in [2.24, 2.45) is 5.92 Å². The number of nitrogens with one attached hydrogen (secondary N) is 1. The quantitative estimate of drug-likeness (QED) is 0.437. The van der Waals surface area contributed by atoms with Crippen LogP contribution in [0, 0.1) is 17.8 Å². The molecule has 102 valence electrons. The summed E-state index contributed by atoms with van der Waals surface area (Å²) in [6, 6.07) is 0. The van der Waals surface area contributed by atoms with Gasteiger partial charge in [-0.2, -0.15) is 0 Å². The molecule has 1 aliphatic carbocycles. The van der Waals surface area contributed by atoms with Crippen molar-refractivity contribution in [2.75, 3.05) is 19.7 Å². The van der Waals surface area contributed by atoms with Gasteiger partial charge >= 0.3 is 5.97 Å². The van der Waals surface area contributed by atoms with Crippen LogP contribution in [0.3, 0.4) is 0 Å². The van der Waals surface area contributed by atoms with E-state index in [1.165, 1.54) is 6.42 Å². The highest BCUT2D eigenvalue weighted by atomic mass is 16.5. The Morgan fingerprint density at radius 3 is 2.78 bits per heavy atom. The largest absolute Gasteiger partial charge is 0.451 e. The van der Waals surface area contributed by atoms with Crippen molar-refractivity contribution < 1.29 is 14.6 Å². The lowest BCUT2D eigenvalue weighted by atomic mass is 9.85. The van der Waals surface area contributed by atoms with Gasteiger partial charge in [-0.25, -0.2) is 4.79 Å². The van der Waals surface area contributed by atoms with Crippen molar-refractivity contribution in [1.29, 1.82) is 0 Å². The number of aliphatic hydroxyl groups is 1. The fraction of sp³-hybridized carbons (Fsp3) is 0.786. The summed E-state index contributed by atoms with van der Waals surface area (Å²) < 4.78 is 4.95. The maximum atomic E-state index is 11.6. The van der Waals surface area contributed by atoms with E-state index in [1.807, 2.05) is 6.92 Å². The zero-order valence-electron chi connectivity index (χ0n) is 11.1. The van der Waals surface area contributed by atoms with Crippen LogP contribution in [-0.4, -0.2) is 36.9 Å². The maximum Gasteiger partial charge on any atom is 0.336 e. The minimum atomic E-state index is -0.971. The molecule has 1 unspecified atom stereocenters. The van der Waals surface area contributed by atoms with Crippen molar-refractivity contribution >= 4 is 5.97 Å². The molecule has 4 nitrogen and oxygen atoms in total. The second kappa shape index (κ2) is 8.96. The third-order valence-corrected chi connectivity index (χ3v) is 3.21. The first-order valence-electron chi connectivity index (χ1n) is 6.76. The van der Waals surface area contributed by atoms with Crippen molar-refractivity contribution in [3.8, 4) is 11.8 Å².